The number of hydrogen-bond donors (Lipinski definition) is 0. The number of aromatic nitrogens is 5. The first-order valence-electron chi connectivity index (χ1n) is 12.2. The molecule has 0 saturated carbocycles. The Balaban J connectivity index is 0.000000170. The summed E-state index contributed by atoms with van der Waals surface area (Å²) in [6.07, 6.45) is 7.86. The van der Waals surface area contributed by atoms with Gasteiger partial charge in [-0.2, -0.15) is 10.2 Å². The largest absolute Gasteiger partial charge is 0.497 e. The Morgan fingerprint density at radius 3 is 2.50 bits per heavy atom. The van der Waals surface area contributed by atoms with Gasteiger partial charge < -0.3 is 4.74 Å². The molecule has 1 fully saturated rings. The number of carbonyl (C=O) groups excluding carboxylic acids is 1. The van der Waals surface area contributed by atoms with Crippen molar-refractivity contribution in [2.24, 2.45) is 7.05 Å². The van der Waals surface area contributed by atoms with Crippen LogP contribution < -0.4 is 4.74 Å². The number of methoxy groups -OCH3 is 1. The molecule has 0 N–H and O–H groups in total. The number of nitrogens with zero attached hydrogens (tertiary/aromatic N) is 6. The normalized spacial score (nSPS) is 18.4. The van der Waals surface area contributed by atoms with Crippen molar-refractivity contribution in [1.82, 2.24) is 29.4 Å². The fourth-order valence-corrected chi connectivity index (χ4v) is 5.43. The van der Waals surface area contributed by atoms with Crippen LogP contribution in [0, 0.1) is 17.5 Å². The van der Waals surface area contributed by atoms with Gasteiger partial charge in [-0.3, -0.25) is 14.4 Å². The van der Waals surface area contributed by atoms with Gasteiger partial charge in [-0.05, 0) is 63.1 Å². The summed E-state index contributed by atoms with van der Waals surface area (Å²) in [6, 6.07) is 7.99. The van der Waals surface area contributed by atoms with Crippen molar-refractivity contribution in [2.75, 3.05) is 14.2 Å². The standard InChI is InChI=1S/C17H18F3N3.C10H9N3O2/c1-22-10-4-3-5-14(22)16-11(8-10)17(23(2)21-16)9-6-12(18)15(20)13(19)7-9;1-15-9-2-3-10(8(4-9)5-14)13-7-11-6-12-13/h6-7,10,14H,3-5,8H2,1-2H3;2-7H,1H3. The molecule has 1 saturated heterocycles. The fourth-order valence-electron chi connectivity index (χ4n) is 5.43. The second kappa shape index (κ2) is 10.4. The number of ether oxygens (including phenoxy) is 1. The topological polar surface area (TPSA) is 78.1 Å². The molecule has 11 heteroatoms. The van der Waals surface area contributed by atoms with Crippen molar-refractivity contribution in [3.05, 3.63) is 77.3 Å². The van der Waals surface area contributed by atoms with Crippen molar-refractivity contribution >= 4 is 6.29 Å². The highest BCUT2D eigenvalue weighted by atomic mass is 19.2. The maximum Gasteiger partial charge on any atom is 0.194 e. The number of carbonyl (C=O) groups is 1. The molecule has 2 unspecified atom stereocenters. The van der Waals surface area contributed by atoms with Gasteiger partial charge in [0, 0.05) is 29.8 Å². The molecule has 2 aromatic heterocycles. The molecule has 8 nitrogen and oxygen atoms in total. The maximum atomic E-state index is 13.6. The van der Waals surface area contributed by atoms with Gasteiger partial charge in [0.15, 0.2) is 23.7 Å². The second-order valence-electron chi connectivity index (χ2n) is 9.44. The van der Waals surface area contributed by atoms with Crippen molar-refractivity contribution in [1.29, 1.82) is 0 Å². The van der Waals surface area contributed by atoms with Crippen LogP contribution >= 0.6 is 0 Å². The fraction of sp³-hybridized carbons (Fsp3) is 0.333. The lowest BCUT2D eigenvalue weighted by Gasteiger charge is -2.43. The lowest BCUT2D eigenvalue weighted by atomic mass is 9.82. The number of fused-ring (bicyclic) bond motifs is 4. The summed E-state index contributed by atoms with van der Waals surface area (Å²) in [6.45, 7) is 0. The van der Waals surface area contributed by atoms with Crippen LogP contribution in [0.1, 0.15) is 46.9 Å². The molecule has 6 rings (SSSR count). The number of halogens is 3. The molecule has 0 spiro atoms. The number of hydrogen-bond acceptors (Lipinski definition) is 6. The van der Waals surface area contributed by atoms with Crippen LogP contribution in [0.2, 0.25) is 0 Å². The third-order valence-corrected chi connectivity index (χ3v) is 7.30. The van der Waals surface area contributed by atoms with E-state index in [9.17, 15) is 18.0 Å². The number of benzene rings is 2. The summed E-state index contributed by atoms with van der Waals surface area (Å²) in [5, 5.41) is 8.57. The third kappa shape index (κ3) is 4.58. The first-order chi connectivity index (χ1) is 18.3. The Bertz CT molecular complexity index is 1450. The van der Waals surface area contributed by atoms with Crippen LogP contribution in [0.25, 0.3) is 16.9 Å². The van der Waals surface area contributed by atoms with Crippen molar-refractivity contribution < 1.29 is 22.7 Å². The van der Waals surface area contributed by atoms with E-state index in [2.05, 4.69) is 27.1 Å². The Labute approximate surface area is 217 Å². The summed E-state index contributed by atoms with van der Waals surface area (Å²) < 4.78 is 48.8. The molecular formula is C27H27F3N6O2. The van der Waals surface area contributed by atoms with Crippen LogP contribution in [0.15, 0.2) is 43.0 Å². The Morgan fingerprint density at radius 2 is 1.84 bits per heavy atom. The number of piperidine rings is 1. The molecule has 198 valence electrons. The van der Waals surface area contributed by atoms with Crippen LogP contribution in [-0.2, 0) is 13.5 Å². The molecule has 2 aliphatic heterocycles. The molecule has 4 heterocycles. The molecule has 38 heavy (non-hydrogen) atoms. The van der Waals surface area contributed by atoms with Gasteiger partial charge in [-0.15, -0.1) is 0 Å². The van der Waals surface area contributed by atoms with Gasteiger partial charge in [0.1, 0.15) is 18.4 Å². The summed E-state index contributed by atoms with van der Waals surface area (Å²) >= 11 is 0. The van der Waals surface area contributed by atoms with Crippen molar-refractivity contribution in [2.45, 2.75) is 37.8 Å². The van der Waals surface area contributed by atoms with E-state index < -0.39 is 17.5 Å². The number of rotatable bonds is 4. The van der Waals surface area contributed by atoms with Gasteiger partial charge in [-0.1, -0.05) is 0 Å². The average molecular weight is 525 g/mol. The van der Waals surface area contributed by atoms with E-state index in [0.29, 0.717) is 34.3 Å². The van der Waals surface area contributed by atoms with Crippen LogP contribution in [0.3, 0.4) is 0 Å². The average Bonchev–Trinajstić information content (AvgIpc) is 3.55. The van der Waals surface area contributed by atoms with E-state index in [1.54, 1.807) is 37.0 Å². The quantitative estimate of drug-likeness (QED) is 0.285. The monoisotopic (exact) mass is 524 g/mol. The summed E-state index contributed by atoms with van der Waals surface area (Å²) in [4.78, 5) is 17.1. The lowest BCUT2D eigenvalue weighted by molar-refractivity contribution is 0.0972. The smallest absolute Gasteiger partial charge is 0.194 e. The molecule has 4 aromatic rings. The SMILES string of the molecule is CN1C2CCCC1c1nn(C)c(-c3cc(F)c(F)c(F)c3)c1C2.COc1ccc(-n2cncn2)c(C=O)c1. The number of aryl methyl sites for hydroxylation is 1. The predicted molar refractivity (Wildman–Crippen MR) is 134 cm³/mol. The highest BCUT2D eigenvalue weighted by Crippen LogP contribution is 2.43. The summed E-state index contributed by atoms with van der Waals surface area (Å²) in [7, 11) is 5.44. The zero-order valence-electron chi connectivity index (χ0n) is 21.2. The molecule has 2 bridgehead atoms. The predicted octanol–water partition coefficient (Wildman–Crippen LogP) is 4.67. The summed E-state index contributed by atoms with van der Waals surface area (Å²) in [5.41, 5.74) is 4.28. The molecule has 2 aliphatic rings. The molecule has 2 atom stereocenters. The Hall–Kier alpha value is -3.99. The highest BCUT2D eigenvalue weighted by molar-refractivity contribution is 5.81. The Kier molecular flexibility index (Phi) is 7.02. The summed E-state index contributed by atoms with van der Waals surface area (Å²) in [5.74, 6) is -3.12. The van der Waals surface area contributed by atoms with Crippen LogP contribution in [0.4, 0.5) is 13.2 Å². The maximum absolute atomic E-state index is 13.6. The minimum atomic E-state index is -1.43. The number of likely N-dealkylation sites (N-methyl/N-ethyl adjacent to an activating group) is 1. The minimum Gasteiger partial charge on any atom is -0.497 e. The van der Waals surface area contributed by atoms with Gasteiger partial charge in [0.05, 0.1) is 30.2 Å². The van der Waals surface area contributed by atoms with Crippen molar-refractivity contribution in [3.63, 3.8) is 0 Å². The van der Waals surface area contributed by atoms with E-state index >= 15 is 0 Å². The molecule has 0 amide bonds. The minimum absolute atomic E-state index is 0.257. The van der Waals surface area contributed by atoms with Crippen molar-refractivity contribution in [3.8, 4) is 22.7 Å². The first kappa shape index (κ1) is 25.7. The van der Waals surface area contributed by atoms with Gasteiger partial charge in [0.2, 0.25) is 0 Å². The molecule has 0 aliphatic carbocycles. The van der Waals surface area contributed by atoms with E-state index in [-0.39, 0.29) is 6.04 Å². The molecular weight excluding hydrogens is 497 g/mol. The van der Waals surface area contributed by atoms with Crippen LogP contribution in [-0.4, -0.2) is 55.9 Å². The zero-order chi connectivity index (χ0) is 27.0. The van der Waals surface area contributed by atoms with Crippen LogP contribution in [0.5, 0.6) is 5.75 Å². The number of aldehydes is 1. The lowest BCUT2D eigenvalue weighted by Crippen LogP contribution is -2.44. The first-order valence-corrected chi connectivity index (χ1v) is 12.2. The molecule has 0 radical (unpaired) electrons. The van der Waals surface area contributed by atoms with Gasteiger partial charge in [0.25, 0.3) is 0 Å². The third-order valence-electron chi connectivity index (χ3n) is 7.30. The van der Waals surface area contributed by atoms with E-state index in [1.165, 1.54) is 23.8 Å². The highest BCUT2D eigenvalue weighted by Gasteiger charge is 2.39. The second-order valence-corrected chi connectivity index (χ2v) is 9.44. The van der Waals surface area contributed by atoms with Gasteiger partial charge >= 0.3 is 0 Å². The van der Waals surface area contributed by atoms with Gasteiger partial charge in [-0.25, -0.2) is 22.8 Å². The molecule has 2 aromatic carbocycles. The van der Waals surface area contributed by atoms with E-state index in [4.69, 9.17) is 4.74 Å². The van der Waals surface area contributed by atoms with E-state index in [0.717, 1.165) is 48.9 Å². The zero-order valence-corrected chi connectivity index (χ0v) is 21.2. The van der Waals surface area contributed by atoms with E-state index in [1.807, 2.05) is 0 Å². The Morgan fingerprint density at radius 1 is 1.08 bits per heavy atom.